The van der Waals surface area contributed by atoms with E-state index in [-0.39, 0.29) is 0 Å². The predicted octanol–water partition coefficient (Wildman–Crippen LogP) is 10.9. The fourth-order valence-electron chi connectivity index (χ4n) is 5.93. The van der Waals surface area contributed by atoms with Crippen molar-refractivity contribution >= 4 is 53.3 Å². The number of thiophene rings is 1. The summed E-state index contributed by atoms with van der Waals surface area (Å²) in [4.78, 5) is 4.71. The molecule has 3 aromatic heterocycles. The first kappa shape index (κ1) is 24.8. The minimum Gasteiger partial charge on any atom is -0.309 e. The fourth-order valence-corrected chi connectivity index (χ4v) is 7.17. The van der Waals surface area contributed by atoms with Gasteiger partial charge in [0.05, 0.1) is 22.3 Å². The molecule has 8 rings (SSSR count). The lowest BCUT2D eigenvalue weighted by Gasteiger charge is -2.08. The van der Waals surface area contributed by atoms with Crippen LogP contribution in [0.15, 0.2) is 128 Å². The quantitative estimate of drug-likeness (QED) is 0.207. The van der Waals surface area contributed by atoms with E-state index in [9.17, 15) is 13.2 Å². The molecular formula is C36H21F3N2S. The van der Waals surface area contributed by atoms with Gasteiger partial charge in [0.15, 0.2) is 0 Å². The third-order valence-electron chi connectivity index (χ3n) is 7.87. The van der Waals surface area contributed by atoms with E-state index in [4.69, 9.17) is 4.98 Å². The highest BCUT2D eigenvalue weighted by Gasteiger charge is 2.31. The molecule has 0 saturated carbocycles. The Balaban J connectivity index is 1.43. The summed E-state index contributed by atoms with van der Waals surface area (Å²) in [6.45, 7) is 0. The number of alkyl halides is 3. The van der Waals surface area contributed by atoms with Gasteiger partial charge in [-0.25, -0.2) is 0 Å². The van der Waals surface area contributed by atoms with E-state index in [2.05, 4.69) is 53.1 Å². The largest absolute Gasteiger partial charge is 0.416 e. The van der Waals surface area contributed by atoms with Gasteiger partial charge in [0.1, 0.15) is 0 Å². The van der Waals surface area contributed by atoms with Gasteiger partial charge in [-0.15, -0.1) is 11.3 Å². The number of hydrogen-bond donors (Lipinski definition) is 0. The number of fused-ring (bicyclic) bond motifs is 7. The number of para-hydroxylation sites is 1. The maximum absolute atomic E-state index is 13.6. The van der Waals surface area contributed by atoms with Crippen LogP contribution in [0.2, 0.25) is 0 Å². The van der Waals surface area contributed by atoms with E-state index in [1.54, 1.807) is 6.07 Å². The molecule has 0 N–H and O–H groups in total. The highest BCUT2D eigenvalue weighted by atomic mass is 32.1. The third kappa shape index (κ3) is 3.90. The van der Waals surface area contributed by atoms with Crippen molar-refractivity contribution in [2.75, 3.05) is 0 Å². The van der Waals surface area contributed by atoms with Gasteiger partial charge in [0.25, 0.3) is 0 Å². The molecule has 0 saturated heterocycles. The van der Waals surface area contributed by atoms with Crippen LogP contribution in [0.4, 0.5) is 13.2 Å². The summed E-state index contributed by atoms with van der Waals surface area (Å²) < 4.78 is 44.9. The second kappa shape index (κ2) is 9.29. The molecule has 0 atom stereocenters. The minimum absolute atomic E-state index is 0.626. The van der Waals surface area contributed by atoms with E-state index in [0.29, 0.717) is 5.39 Å². The van der Waals surface area contributed by atoms with E-state index < -0.39 is 11.7 Å². The number of rotatable bonds is 3. The lowest BCUT2D eigenvalue weighted by Crippen LogP contribution is -2.03. The molecule has 8 aromatic rings. The molecule has 0 aliphatic heterocycles. The molecule has 2 nitrogen and oxygen atoms in total. The van der Waals surface area contributed by atoms with Crippen molar-refractivity contribution in [3.8, 4) is 28.1 Å². The zero-order chi connectivity index (χ0) is 28.4. The molecule has 0 amide bonds. The standard InChI is InChI=1S/C36H21F3N2S/c37-36(38,39)25-12-16-33-28(21-25)27-13-15-32-34(35(27)42-33)29-19-24(11-14-31(29)41(32)26-9-5-2-6-10-26)30-20-23(17-18-40-30)22-7-3-1-4-8-22/h1-21H. The van der Waals surface area contributed by atoms with Crippen LogP contribution in [0.1, 0.15) is 5.56 Å². The lowest BCUT2D eigenvalue weighted by atomic mass is 10.0. The van der Waals surface area contributed by atoms with Crippen LogP contribution in [0, 0.1) is 0 Å². The van der Waals surface area contributed by atoms with Crippen LogP contribution in [0.25, 0.3) is 70.0 Å². The predicted molar refractivity (Wildman–Crippen MR) is 167 cm³/mol. The topological polar surface area (TPSA) is 17.8 Å². The van der Waals surface area contributed by atoms with Crippen molar-refractivity contribution in [2.24, 2.45) is 0 Å². The zero-order valence-corrected chi connectivity index (χ0v) is 22.9. The molecule has 0 aliphatic rings. The summed E-state index contributed by atoms with van der Waals surface area (Å²) in [5.41, 5.74) is 6.46. The molecule has 42 heavy (non-hydrogen) atoms. The van der Waals surface area contributed by atoms with Crippen LogP contribution >= 0.6 is 11.3 Å². The van der Waals surface area contributed by atoms with Gasteiger partial charge < -0.3 is 4.57 Å². The van der Waals surface area contributed by atoms with Gasteiger partial charge in [0, 0.05) is 48.4 Å². The molecule has 6 heteroatoms. The van der Waals surface area contributed by atoms with Crippen LogP contribution in [0.3, 0.4) is 0 Å². The van der Waals surface area contributed by atoms with E-state index >= 15 is 0 Å². The first-order valence-electron chi connectivity index (χ1n) is 13.5. The van der Waals surface area contributed by atoms with Gasteiger partial charge in [-0.1, -0.05) is 60.7 Å². The highest BCUT2D eigenvalue weighted by Crippen LogP contribution is 2.45. The molecular weight excluding hydrogens is 549 g/mol. The molecule has 202 valence electrons. The second-order valence-corrected chi connectivity index (χ2v) is 11.4. The van der Waals surface area contributed by atoms with Crippen LogP contribution in [-0.4, -0.2) is 9.55 Å². The number of halogens is 3. The Kier molecular flexibility index (Phi) is 5.49. The molecule has 0 radical (unpaired) electrons. The van der Waals surface area contributed by atoms with E-state index in [0.717, 1.165) is 64.7 Å². The van der Waals surface area contributed by atoms with Crippen molar-refractivity contribution in [1.29, 1.82) is 0 Å². The van der Waals surface area contributed by atoms with E-state index in [1.807, 2.05) is 60.8 Å². The Morgan fingerprint density at radius 1 is 0.595 bits per heavy atom. The Labute approximate surface area is 242 Å². The van der Waals surface area contributed by atoms with Crippen LogP contribution in [0.5, 0.6) is 0 Å². The molecule has 0 unspecified atom stereocenters. The maximum atomic E-state index is 13.6. The summed E-state index contributed by atoms with van der Waals surface area (Å²) in [6, 6.07) is 38.9. The van der Waals surface area contributed by atoms with E-state index in [1.165, 1.54) is 23.5 Å². The highest BCUT2D eigenvalue weighted by molar-refractivity contribution is 7.26. The van der Waals surface area contributed by atoms with Crippen molar-refractivity contribution < 1.29 is 13.2 Å². The SMILES string of the molecule is FC(F)(F)c1ccc2sc3c(ccc4c3c3cc(-c5cc(-c6ccccc6)ccn5)ccc3n4-c3ccccc3)c2c1. The number of hydrogen-bond acceptors (Lipinski definition) is 2. The summed E-state index contributed by atoms with van der Waals surface area (Å²) >= 11 is 1.54. The summed E-state index contributed by atoms with van der Waals surface area (Å²) in [5.74, 6) is 0. The summed E-state index contributed by atoms with van der Waals surface area (Å²) in [6.07, 6.45) is -2.57. The third-order valence-corrected chi connectivity index (χ3v) is 9.07. The van der Waals surface area contributed by atoms with Gasteiger partial charge in [-0.05, 0) is 71.8 Å². The Bertz CT molecular complexity index is 2280. The number of pyridine rings is 1. The van der Waals surface area contributed by atoms with Crippen molar-refractivity contribution in [1.82, 2.24) is 9.55 Å². The Morgan fingerprint density at radius 3 is 2.14 bits per heavy atom. The first-order valence-corrected chi connectivity index (χ1v) is 14.4. The lowest BCUT2D eigenvalue weighted by molar-refractivity contribution is -0.137. The number of benzene rings is 5. The maximum Gasteiger partial charge on any atom is 0.416 e. The average molecular weight is 571 g/mol. The van der Waals surface area contributed by atoms with Gasteiger partial charge >= 0.3 is 6.18 Å². The summed E-state index contributed by atoms with van der Waals surface area (Å²) in [7, 11) is 0. The van der Waals surface area contributed by atoms with Crippen molar-refractivity contribution in [2.45, 2.75) is 6.18 Å². The average Bonchev–Trinajstić information content (AvgIpc) is 3.56. The minimum atomic E-state index is -4.40. The summed E-state index contributed by atoms with van der Waals surface area (Å²) in [5, 5.41) is 3.52. The number of nitrogens with zero attached hydrogens (tertiary/aromatic N) is 2. The monoisotopic (exact) mass is 570 g/mol. The van der Waals surface area contributed by atoms with Crippen LogP contribution < -0.4 is 0 Å². The zero-order valence-electron chi connectivity index (χ0n) is 22.1. The molecule has 0 bridgehead atoms. The second-order valence-electron chi connectivity index (χ2n) is 10.3. The molecule has 0 fully saturated rings. The first-order chi connectivity index (χ1) is 20.5. The van der Waals surface area contributed by atoms with Crippen molar-refractivity contribution in [3.63, 3.8) is 0 Å². The molecule has 3 heterocycles. The Morgan fingerprint density at radius 2 is 1.36 bits per heavy atom. The van der Waals surface area contributed by atoms with Crippen LogP contribution in [-0.2, 0) is 6.18 Å². The number of aromatic nitrogens is 2. The molecule has 0 spiro atoms. The van der Waals surface area contributed by atoms with Gasteiger partial charge in [-0.2, -0.15) is 13.2 Å². The fraction of sp³-hybridized carbons (Fsp3) is 0.0278. The molecule has 0 aliphatic carbocycles. The smallest absolute Gasteiger partial charge is 0.309 e. The molecule has 5 aromatic carbocycles. The van der Waals surface area contributed by atoms with Crippen molar-refractivity contribution in [3.05, 3.63) is 133 Å². The van der Waals surface area contributed by atoms with Gasteiger partial charge in [-0.3, -0.25) is 4.98 Å². The van der Waals surface area contributed by atoms with Gasteiger partial charge in [0.2, 0.25) is 0 Å². The normalized spacial score (nSPS) is 12.2. The Hall–Kier alpha value is -4.94.